The molecule has 0 unspecified atom stereocenters. The molecule has 3 spiro atoms. The van der Waals surface area contributed by atoms with Crippen LogP contribution in [0.2, 0.25) is 0 Å². The van der Waals surface area contributed by atoms with Crippen molar-refractivity contribution >= 4 is 172 Å². The van der Waals surface area contributed by atoms with Crippen LogP contribution in [0, 0.1) is 91.8 Å². The molecule has 12 saturated carbocycles. The van der Waals surface area contributed by atoms with E-state index in [4.69, 9.17) is 0 Å². The number of hydrogen-bond acceptors (Lipinski definition) is 6. The monoisotopic (exact) mass is 1830 g/mol. The van der Waals surface area contributed by atoms with Gasteiger partial charge in [0.15, 0.2) is 0 Å². The predicted octanol–water partition coefficient (Wildman–Crippen LogP) is 27.8. The number of aryl methyl sites for hydroxylation is 3. The molecular formula is C132H123B3N6. The van der Waals surface area contributed by atoms with Crippen LogP contribution in [0.15, 0.2) is 309 Å². The zero-order valence-corrected chi connectivity index (χ0v) is 83.1. The fourth-order valence-corrected chi connectivity index (χ4v) is 36.0. The fraction of sp³-hybridized carbons (Fsp3) is 0.318. The lowest BCUT2D eigenvalue weighted by molar-refractivity contribution is -0.0419. The molecule has 12 aliphatic carbocycles. The summed E-state index contributed by atoms with van der Waals surface area (Å²) in [4.78, 5) is 15.8. The minimum atomic E-state index is 0.119. The van der Waals surface area contributed by atoms with Gasteiger partial charge in [-0.15, -0.1) is 0 Å². The van der Waals surface area contributed by atoms with Gasteiger partial charge in [-0.3, -0.25) is 0 Å². The third-order valence-electron chi connectivity index (χ3n) is 40.4. The molecule has 12 fully saturated rings. The lowest BCUT2D eigenvalue weighted by Gasteiger charge is -2.64. The first-order valence-electron chi connectivity index (χ1n) is 54.6. The lowest BCUT2D eigenvalue weighted by Crippen LogP contribution is -2.64. The maximum absolute atomic E-state index is 2.71. The van der Waals surface area contributed by atoms with Crippen LogP contribution in [0.1, 0.15) is 222 Å². The molecule has 0 N–H and O–H groups in total. The number of para-hydroxylation sites is 6. The van der Waals surface area contributed by atoms with E-state index in [1.807, 2.05) is 0 Å². The SMILES string of the molecule is Cc1ccc2c(c1)B1c3cccc4c3N(c3ccccc3C43C4CC5CC(C4)CC3C5)c3cccc(c31)N2c1cccc(C(C)C)c1.Cc1ccc2c(c1)B1c3cccc4c3N(c3ccccc3C43C4CC5CC(C4)CC3C5)c3cccc(c31)N2c1cccc(C(C)C)c1.Cc1cccc2c1B1c3cccc4c3N(c3ccccc3C43C4CC5CC(C4)CC3C5)c3cccc(c31)N2c1cccc(C(C)C)c1. The molecule has 36 rings (SSSR count). The Morgan fingerprint density at radius 1 is 0.213 bits per heavy atom. The van der Waals surface area contributed by atoms with Crippen LogP contribution in [-0.2, 0) is 16.2 Å². The summed E-state index contributed by atoms with van der Waals surface area (Å²) in [5, 5.41) is 0. The van der Waals surface area contributed by atoms with Gasteiger partial charge in [-0.05, 0) is 414 Å². The smallest absolute Gasteiger partial charge is 0.252 e. The summed E-state index contributed by atoms with van der Waals surface area (Å²) in [5.41, 5.74) is 55.9. The fourth-order valence-electron chi connectivity index (χ4n) is 36.0. The second-order valence-electron chi connectivity index (χ2n) is 48.1. The van der Waals surface area contributed by atoms with Crippen LogP contribution in [-0.4, -0.2) is 20.1 Å². The number of rotatable bonds is 6. The van der Waals surface area contributed by atoms with Crippen molar-refractivity contribution in [2.45, 2.75) is 193 Å². The van der Waals surface area contributed by atoms with Crippen LogP contribution in [0.5, 0.6) is 0 Å². The minimum Gasteiger partial charge on any atom is -0.311 e. The average molecular weight is 1830 g/mol. The number of hydrogen-bond donors (Lipinski definition) is 0. The molecule has 12 bridgehead atoms. The van der Waals surface area contributed by atoms with Crippen LogP contribution in [0.4, 0.5) is 102 Å². The van der Waals surface area contributed by atoms with Gasteiger partial charge in [-0.1, -0.05) is 258 Å². The second-order valence-corrected chi connectivity index (χ2v) is 48.1. The molecule has 15 aromatic rings. The molecule has 9 heterocycles. The van der Waals surface area contributed by atoms with E-state index in [2.05, 4.69) is 401 Å². The Morgan fingerprint density at radius 2 is 0.468 bits per heavy atom. The molecule has 0 saturated heterocycles. The first kappa shape index (κ1) is 83.0. The molecule has 0 aromatic heterocycles. The quantitative estimate of drug-likeness (QED) is 0.153. The Morgan fingerprint density at radius 3 is 0.794 bits per heavy atom. The average Bonchev–Trinajstić information content (AvgIpc) is 0.669. The third kappa shape index (κ3) is 11.0. The maximum Gasteiger partial charge on any atom is 0.252 e. The van der Waals surface area contributed by atoms with Gasteiger partial charge >= 0.3 is 0 Å². The van der Waals surface area contributed by atoms with Gasteiger partial charge in [-0.25, -0.2) is 0 Å². The van der Waals surface area contributed by atoms with Crippen molar-refractivity contribution in [2.75, 3.05) is 29.4 Å². The molecule has 0 atom stereocenters. The molecule has 0 radical (unpaired) electrons. The zero-order valence-electron chi connectivity index (χ0n) is 83.1. The van der Waals surface area contributed by atoms with Crippen molar-refractivity contribution < 1.29 is 0 Å². The van der Waals surface area contributed by atoms with E-state index in [0.717, 1.165) is 71.0 Å². The van der Waals surface area contributed by atoms with E-state index in [1.165, 1.54) is 281 Å². The molecule has 141 heavy (non-hydrogen) atoms. The summed E-state index contributed by atoms with van der Waals surface area (Å²) >= 11 is 0. The van der Waals surface area contributed by atoms with Gasteiger partial charge in [0.2, 0.25) is 0 Å². The molecule has 15 aromatic carbocycles. The van der Waals surface area contributed by atoms with E-state index in [0.29, 0.717) is 17.8 Å². The molecule has 9 heteroatoms. The predicted molar refractivity (Wildman–Crippen MR) is 591 cm³/mol. The Bertz CT molecular complexity index is 7490. The number of nitrogens with zero attached hydrogens (tertiary/aromatic N) is 6. The second kappa shape index (κ2) is 30.0. The van der Waals surface area contributed by atoms with Crippen LogP contribution in [0.25, 0.3) is 0 Å². The van der Waals surface area contributed by atoms with E-state index in [9.17, 15) is 0 Å². The normalized spacial score (nSPS) is 26.8. The number of anilines is 18. The first-order chi connectivity index (χ1) is 69.1. The summed E-state index contributed by atoms with van der Waals surface area (Å²) in [6, 6.07) is 122. The standard InChI is InChI=1S/3C44H41BN2/c1-26(2)30-11-7-12-33(25-30)46-38-17-6-10-27(3)41(38)45-36-15-8-14-35-43(36)47(40-19-9-18-39(46)42(40)45)37-16-5-4-13-34(37)44(35)31-21-28-20-29(23-31)24-32(44)22-28;2*1-26(2)30-9-6-10-33(25-30)46-39-18-17-27(3)19-37(39)45-36-13-7-12-35-43(36)47(41-16-8-15-40(46)42(41)45)38-14-5-4-11-34(38)44(35)31-21-28-20-29(23-31)24-32(44)22-28/h3*4-19,25-26,28-29,31-32H,20-24H2,1-3H3. The van der Waals surface area contributed by atoms with Crippen molar-refractivity contribution in [1.82, 2.24) is 0 Å². The highest BCUT2D eigenvalue weighted by molar-refractivity contribution is 7.02. The van der Waals surface area contributed by atoms with Crippen molar-refractivity contribution in [2.24, 2.45) is 71.0 Å². The first-order valence-corrected chi connectivity index (χ1v) is 54.6. The van der Waals surface area contributed by atoms with E-state index >= 15 is 0 Å². The highest BCUT2D eigenvalue weighted by Crippen LogP contribution is 2.74. The molecule has 21 aliphatic rings. The lowest BCUT2D eigenvalue weighted by atomic mass is 9.32. The van der Waals surface area contributed by atoms with E-state index in [1.54, 1.807) is 33.4 Å². The summed E-state index contributed by atoms with van der Waals surface area (Å²) in [6.07, 6.45) is 21.3. The van der Waals surface area contributed by atoms with Gasteiger partial charge in [0.1, 0.15) is 0 Å². The molecule has 0 amide bonds. The van der Waals surface area contributed by atoms with Crippen molar-refractivity contribution in [1.29, 1.82) is 0 Å². The number of benzene rings is 15. The van der Waals surface area contributed by atoms with Crippen molar-refractivity contribution in [3.05, 3.63) is 376 Å². The minimum absolute atomic E-state index is 0.119. The number of fused-ring (bicyclic) bond motifs is 18. The summed E-state index contributed by atoms with van der Waals surface area (Å²) < 4.78 is 0. The van der Waals surface area contributed by atoms with Crippen LogP contribution in [0.3, 0.4) is 0 Å². The highest BCUT2D eigenvalue weighted by atomic mass is 15.2. The molecular weight excluding hydrogens is 1700 g/mol. The van der Waals surface area contributed by atoms with Gasteiger partial charge in [-0.2, -0.15) is 0 Å². The van der Waals surface area contributed by atoms with Crippen LogP contribution >= 0.6 is 0 Å². The highest BCUT2D eigenvalue weighted by Gasteiger charge is 2.67. The summed E-state index contributed by atoms with van der Waals surface area (Å²) in [7, 11) is 0. The zero-order chi connectivity index (χ0) is 93.5. The topological polar surface area (TPSA) is 19.4 Å². The third-order valence-corrected chi connectivity index (χ3v) is 40.4. The van der Waals surface area contributed by atoms with Crippen molar-refractivity contribution in [3.63, 3.8) is 0 Å². The Labute approximate surface area is 834 Å². The summed E-state index contributed by atoms with van der Waals surface area (Å²) in [6.45, 7) is 21.3. The van der Waals surface area contributed by atoms with Gasteiger partial charge in [0, 0.05) is 102 Å². The largest absolute Gasteiger partial charge is 0.311 e. The maximum atomic E-state index is 2.71. The van der Waals surface area contributed by atoms with Gasteiger partial charge in [0.25, 0.3) is 20.1 Å². The Kier molecular flexibility index (Phi) is 17.6. The summed E-state index contributed by atoms with van der Waals surface area (Å²) in [5.74, 6) is 11.5. The van der Waals surface area contributed by atoms with E-state index in [-0.39, 0.29) is 36.4 Å². The van der Waals surface area contributed by atoms with E-state index < -0.39 is 0 Å². The Hall–Kier alpha value is -12.7. The van der Waals surface area contributed by atoms with Gasteiger partial charge in [0.05, 0.1) is 17.1 Å². The molecule has 6 nitrogen and oxygen atoms in total. The molecule has 9 aliphatic heterocycles. The van der Waals surface area contributed by atoms with Crippen molar-refractivity contribution in [3.8, 4) is 0 Å². The Balaban J connectivity index is 0.0000000972. The van der Waals surface area contributed by atoms with Crippen LogP contribution < -0.4 is 78.6 Å². The molecule has 690 valence electrons. The van der Waals surface area contributed by atoms with Gasteiger partial charge < -0.3 is 29.4 Å².